The van der Waals surface area contributed by atoms with Gasteiger partial charge in [0.15, 0.2) is 5.82 Å². The number of aromatic nitrogens is 4. The Morgan fingerprint density at radius 2 is 1.75 bits per heavy atom. The Morgan fingerprint density at radius 1 is 1.00 bits per heavy atom. The first-order valence-electron chi connectivity index (χ1n) is 9.77. The molecule has 0 radical (unpaired) electrons. The molecule has 32 heavy (non-hydrogen) atoms. The van der Waals surface area contributed by atoms with Crippen molar-refractivity contribution in [2.75, 3.05) is 4.72 Å². The number of anilines is 1. The summed E-state index contributed by atoms with van der Waals surface area (Å²) in [5.74, 6) is 1.99. The summed E-state index contributed by atoms with van der Waals surface area (Å²) < 4.78 is 34.6. The number of benzene rings is 2. The first kappa shape index (κ1) is 21.3. The number of aryl methyl sites for hydroxylation is 2. The van der Waals surface area contributed by atoms with Crippen molar-refractivity contribution in [2.24, 2.45) is 0 Å². The maximum atomic E-state index is 12.3. The van der Waals surface area contributed by atoms with Crippen molar-refractivity contribution < 1.29 is 13.2 Å². The van der Waals surface area contributed by atoms with Crippen LogP contribution in [0, 0.1) is 13.8 Å². The highest BCUT2D eigenvalue weighted by Crippen LogP contribution is 2.23. The van der Waals surface area contributed by atoms with Crippen LogP contribution in [-0.2, 0) is 10.0 Å². The summed E-state index contributed by atoms with van der Waals surface area (Å²) in [6.07, 6.45) is 4.99. The van der Waals surface area contributed by atoms with E-state index < -0.39 is 10.0 Å². The number of rotatable bonds is 7. The van der Waals surface area contributed by atoms with Crippen LogP contribution in [0.15, 0.2) is 78.5 Å². The van der Waals surface area contributed by atoms with Crippen molar-refractivity contribution in [2.45, 2.75) is 13.8 Å². The number of ether oxygens (including phenoxy) is 1. The molecule has 0 atom stereocenters. The van der Waals surface area contributed by atoms with Crippen LogP contribution >= 0.6 is 0 Å². The molecule has 2 heterocycles. The molecular formula is C23H21N5O3S. The molecule has 162 valence electrons. The van der Waals surface area contributed by atoms with Gasteiger partial charge in [-0.1, -0.05) is 29.8 Å². The standard InChI is InChI=1S/C23H21N5O3S/c1-17-4-6-19(7-5-17)12-15-32(29,30)27-20-8-10-21(11-9-20)31-23-16-22(25-18(2)26-23)28-14-3-13-24-28/h3-16,27H,1-2H3/b15-12+. The van der Waals surface area contributed by atoms with Crippen molar-refractivity contribution in [1.82, 2.24) is 19.7 Å². The minimum Gasteiger partial charge on any atom is -0.439 e. The van der Waals surface area contributed by atoms with Crippen molar-refractivity contribution >= 4 is 21.8 Å². The zero-order valence-corrected chi connectivity index (χ0v) is 18.3. The van der Waals surface area contributed by atoms with Gasteiger partial charge in [-0.25, -0.2) is 18.1 Å². The molecule has 4 aromatic rings. The summed E-state index contributed by atoms with van der Waals surface area (Å²) in [5, 5.41) is 5.30. The second-order valence-corrected chi connectivity index (χ2v) is 8.62. The molecular weight excluding hydrogens is 426 g/mol. The van der Waals surface area contributed by atoms with Gasteiger partial charge in [-0.05, 0) is 55.8 Å². The van der Waals surface area contributed by atoms with Crippen LogP contribution in [0.1, 0.15) is 17.0 Å². The van der Waals surface area contributed by atoms with Crippen LogP contribution in [0.5, 0.6) is 11.6 Å². The van der Waals surface area contributed by atoms with E-state index in [0.717, 1.165) is 16.5 Å². The van der Waals surface area contributed by atoms with Gasteiger partial charge in [-0.3, -0.25) is 4.72 Å². The van der Waals surface area contributed by atoms with E-state index in [1.54, 1.807) is 66.5 Å². The molecule has 0 bridgehead atoms. The van der Waals surface area contributed by atoms with Gasteiger partial charge in [-0.2, -0.15) is 10.1 Å². The Hall–Kier alpha value is -3.98. The van der Waals surface area contributed by atoms with Gasteiger partial charge in [-0.15, -0.1) is 0 Å². The Labute approximate surface area is 186 Å². The molecule has 0 fully saturated rings. The highest BCUT2D eigenvalue weighted by Gasteiger charge is 2.08. The van der Waals surface area contributed by atoms with E-state index in [1.807, 2.05) is 31.2 Å². The molecule has 0 unspecified atom stereocenters. The lowest BCUT2D eigenvalue weighted by Gasteiger charge is -2.09. The molecule has 0 saturated carbocycles. The zero-order chi connectivity index (χ0) is 22.6. The maximum Gasteiger partial charge on any atom is 0.255 e. The molecule has 2 aromatic heterocycles. The molecule has 4 rings (SSSR count). The largest absolute Gasteiger partial charge is 0.439 e. The molecule has 0 aliphatic heterocycles. The van der Waals surface area contributed by atoms with Crippen LogP contribution < -0.4 is 9.46 Å². The number of hydrogen-bond acceptors (Lipinski definition) is 6. The molecule has 2 aromatic carbocycles. The van der Waals surface area contributed by atoms with Gasteiger partial charge in [0.05, 0.1) is 5.41 Å². The van der Waals surface area contributed by atoms with Crippen LogP contribution in [-0.4, -0.2) is 28.2 Å². The maximum absolute atomic E-state index is 12.3. The monoisotopic (exact) mass is 447 g/mol. The molecule has 9 heteroatoms. The molecule has 0 aliphatic rings. The van der Waals surface area contributed by atoms with E-state index in [1.165, 1.54) is 0 Å². The topological polar surface area (TPSA) is 99.0 Å². The van der Waals surface area contributed by atoms with Crippen molar-refractivity contribution in [1.29, 1.82) is 0 Å². The predicted molar refractivity (Wildman–Crippen MR) is 123 cm³/mol. The lowest BCUT2D eigenvalue weighted by molar-refractivity contribution is 0.459. The number of nitrogens with zero attached hydrogens (tertiary/aromatic N) is 4. The molecule has 0 spiro atoms. The summed E-state index contributed by atoms with van der Waals surface area (Å²) in [5.41, 5.74) is 2.33. The fraction of sp³-hybridized carbons (Fsp3) is 0.0870. The van der Waals surface area contributed by atoms with Crippen LogP contribution in [0.3, 0.4) is 0 Å². The quantitative estimate of drug-likeness (QED) is 0.448. The summed E-state index contributed by atoms with van der Waals surface area (Å²) >= 11 is 0. The van der Waals surface area contributed by atoms with Gasteiger partial charge in [0.1, 0.15) is 11.6 Å². The highest BCUT2D eigenvalue weighted by atomic mass is 32.2. The summed E-state index contributed by atoms with van der Waals surface area (Å²) in [7, 11) is -3.65. The third-order valence-corrected chi connectivity index (χ3v) is 5.41. The lowest BCUT2D eigenvalue weighted by Crippen LogP contribution is -2.08. The fourth-order valence-corrected chi connectivity index (χ4v) is 3.72. The predicted octanol–water partition coefficient (Wildman–Crippen LogP) is 4.48. The minimum atomic E-state index is -3.65. The Balaban J connectivity index is 1.44. The van der Waals surface area contributed by atoms with E-state index in [0.29, 0.717) is 29.0 Å². The molecule has 0 amide bonds. The summed E-state index contributed by atoms with van der Waals surface area (Å²) in [6, 6.07) is 17.6. The zero-order valence-electron chi connectivity index (χ0n) is 17.5. The van der Waals surface area contributed by atoms with Gasteiger partial charge >= 0.3 is 0 Å². The normalized spacial score (nSPS) is 11.6. The Bertz CT molecular complexity index is 1330. The summed E-state index contributed by atoms with van der Waals surface area (Å²) in [6.45, 7) is 3.74. The smallest absolute Gasteiger partial charge is 0.255 e. The Morgan fingerprint density at radius 3 is 2.44 bits per heavy atom. The van der Waals surface area contributed by atoms with Crippen LogP contribution in [0.25, 0.3) is 11.9 Å². The number of nitrogens with one attached hydrogen (secondary N) is 1. The molecule has 0 saturated heterocycles. The van der Waals surface area contributed by atoms with Crippen molar-refractivity contribution in [3.8, 4) is 17.4 Å². The van der Waals surface area contributed by atoms with Crippen molar-refractivity contribution in [3.63, 3.8) is 0 Å². The fourth-order valence-electron chi connectivity index (χ4n) is 2.85. The average molecular weight is 448 g/mol. The van der Waals surface area contributed by atoms with E-state index in [9.17, 15) is 8.42 Å². The van der Waals surface area contributed by atoms with Gasteiger partial charge in [0.25, 0.3) is 10.0 Å². The SMILES string of the molecule is Cc1ccc(/C=C/S(=O)(=O)Nc2ccc(Oc3cc(-n4cccn4)nc(C)n3)cc2)cc1. The average Bonchev–Trinajstić information content (AvgIpc) is 3.29. The summed E-state index contributed by atoms with van der Waals surface area (Å²) in [4.78, 5) is 8.63. The molecule has 1 N–H and O–H groups in total. The first-order chi connectivity index (χ1) is 15.4. The lowest BCUT2D eigenvalue weighted by atomic mass is 10.2. The van der Waals surface area contributed by atoms with Crippen LogP contribution in [0.2, 0.25) is 0 Å². The van der Waals surface area contributed by atoms with E-state index in [4.69, 9.17) is 4.74 Å². The van der Waals surface area contributed by atoms with E-state index >= 15 is 0 Å². The third-order valence-electron chi connectivity index (χ3n) is 4.39. The van der Waals surface area contributed by atoms with E-state index in [-0.39, 0.29) is 0 Å². The van der Waals surface area contributed by atoms with E-state index in [2.05, 4.69) is 19.8 Å². The highest BCUT2D eigenvalue weighted by molar-refractivity contribution is 7.95. The second-order valence-electron chi connectivity index (χ2n) is 7.05. The first-order valence-corrected chi connectivity index (χ1v) is 11.3. The number of sulfonamides is 1. The Kier molecular flexibility index (Phi) is 6.00. The van der Waals surface area contributed by atoms with Gasteiger partial charge in [0.2, 0.25) is 5.88 Å². The second kappa shape index (κ2) is 9.03. The third kappa shape index (κ3) is 5.58. The molecule has 8 nitrogen and oxygen atoms in total. The van der Waals surface area contributed by atoms with Gasteiger partial charge in [0, 0.05) is 24.1 Å². The van der Waals surface area contributed by atoms with Gasteiger partial charge < -0.3 is 4.74 Å². The number of hydrogen-bond donors (Lipinski definition) is 1. The van der Waals surface area contributed by atoms with Crippen molar-refractivity contribution in [3.05, 3.63) is 95.4 Å². The minimum absolute atomic E-state index is 0.359. The van der Waals surface area contributed by atoms with Crippen LogP contribution in [0.4, 0.5) is 5.69 Å². The molecule has 0 aliphatic carbocycles.